The van der Waals surface area contributed by atoms with E-state index in [4.69, 9.17) is 5.73 Å². The first-order chi connectivity index (χ1) is 6.31. The van der Waals surface area contributed by atoms with E-state index in [1.165, 1.54) is 30.6 Å². The van der Waals surface area contributed by atoms with Crippen molar-refractivity contribution in [2.45, 2.75) is 38.5 Å². The standard InChI is InChI=1S/C11H17NS/c1-8-7-10-4-2-3-9(5-6-12)11(10)13-8/h7,9H,2-6,12H2,1H3. The number of fused-ring (bicyclic) bond motifs is 1. The van der Waals surface area contributed by atoms with Crippen LogP contribution >= 0.6 is 11.3 Å². The van der Waals surface area contributed by atoms with Crippen LogP contribution in [0.2, 0.25) is 0 Å². The zero-order valence-corrected chi connectivity index (χ0v) is 8.99. The maximum absolute atomic E-state index is 5.63. The van der Waals surface area contributed by atoms with Gasteiger partial charge in [0.05, 0.1) is 0 Å². The van der Waals surface area contributed by atoms with Crippen molar-refractivity contribution >= 4 is 11.3 Å². The smallest absolute Gasteiger partial charge is 0.0111 e. The molecule has 0 saturated heterocycles. The SMILES string of the molecule is Cc1cc2c(s1)C(CCN)CCC2. The molecule has 1 aliphatic carbocycles. The molecule has 1 atom stereocenters. The van der Waals surface area contributed by atoms with Crippen molar-refractivity contribution in [3.63, 3.8) is 0 Å². The fourth-order valence-electron chi connectivity index (χ4n) is 2.27. The van der Waals surface area contributed by atoms with E-state index in [-0.39, 0.29) is 0 Å². The Morgan fingerprint density at radius 1 is 1.62 bits per heavy atom. The van der Waals surface area contributed by atoms with Gasteiger partial charge in [-0.15, -0.1) is 11.3 Å². The molecule has 0 bridgehead atoms. The molecule has 0 aromatic carbocycles. The van der Waals surface area contributed by atoms with Gasteiger partial charge < -0.3 is 5.73 Å². The molecule has 0 spiro atoms. The van der Waals surface area contributed by atoms with Crippen LogP contribution in [0.25, 0.3) is 0 Å². The Bertz CT molecular complexity index is 290. The molecule has 2 N–H and O–H groups in total. The van der Waals surface area contributed by atoms with Crippen LogP contribution in [0.4, 0.5) is 0 Å². The third-order valence-electron chi connectivity index (χ3n) is 2.85. The highest BCUT2D eigenvalue weighted by atomic mass is 32.1. The summed E-state index contributed by atoms with van der Waals surface area (Å²) < 4.78 is 0. The molecule has 1 nitrogen and oxygen atoms in total. The molecule has 0 fully saturated rings. The van der Waals surface area contributed by atoms with Crippen molar-refractivity contribution in [2.24, 2.45) is 5.73 Å². The third-order valence-corrected chi connectivity index (χ3v) is 4.10. The van der Waals surface area contributed by atoms with Gasteiger partial charge in [-0.1, -0.05) is 0 Å². The van der Waals surface area contributed by atoms with Crippen molar-refractivity contribution < 1.29 is 0 Å². The number of hydrogen-bond acceptors (Lipinski definition) is 2. The second-order valence-electron chi connectivity index (χ2n) is 3.91. The third kappa shape index (κ3) is 1.79. The Labute approximate surface area is 84.0 Å². The molecule has 2 heteroatoms. The van der Waals surface area contributed by atoms with Gasteiger partial charge in [-0.25, -0.2) is 0 Å². The van der Waals surface area contributed by atoms with E-state index in [2.05, 4.69) is 13.0 Å². The molecule has 0 amide bonds. The van der Waals surface area contributed by atoms with Crippen LogP contribution in [0.1, 0.15) is 40.5 Å². The number of nitrogens with two attached hydrogens (primary N) is 1. The van der Waals surface area contributed by atoms with E-state index >= 15 is 0 Å². The van der Waals surface area contributed by atoms with Gasteiger partial charge in [0.2, 0.25) is 0 Å². The van der Waals surface area contributed by atoms with Gasteiger partial charge in [0, 0.05) is 9.75 Å². The highest BCUT2D eigenvalue weighted by molar-refractivity contribution is 7.12. The number of aryl methyl sites for hydroxylation is 2. The van der Waals surface area contributed by atoms with Crippen molar-refractivity contribution in [2.75, 3.05) is 6.54 Å². The summed E-state index contributed by atoms with van der Waals surface area (Å²) in [6, 6.07) is 2.36. The molecule has 72 valence electrons. The number of hydrogen-bond donors (Lipinski definition) is 1. The molecule has 0 radical (unpaired) electrons. The van der Waals surface area contributed by atoms with E-state index < -0.39 is 0 Å². The second-order valence-corrected chi connectivity index (χ2v) is 5.20. The van der Waals surface area contributed by atoms with Crippen LogP contribution in [-0.2, 0) is 6.42 Å². The monoisotopic (exact) mass is 195 g/mol. The van der Waals surface area contributed by atoms with E-state index in [1.54, 1.807) is 10.4 Å². The van der Waals surface area contributed by atoms with Gasteiger partial charge in [-0.3, -0.25) is 0 Å². The highest BCUT2D eigenvalue weighted by Crippen LogP contribution is 2.38. The lowest BCUT2D eigenvalue weighted by molar-refractivity contribution is 0.536. The topological polar surface area (TPSA) is 26.0 Å². The molecule has 13 heavy (non-hydrogen) atoms. The lowest BCUT2D eigenvalue weighted by Gasteiger charge is -2.21. The summed E-state index contributed by atoms with van der Waals surface area (Å²) in [6.07, 6.45) is 5.17. The molecule has 1 aromatic rings. The summed E-state index contributed by atoms with van der Waals surface area (Å²) in [6.45, 7) is 3.05. The Morgan fingerprint density at radius 2 is 2.46 bits per heavy atom. The zero-order chi connectivity index (χ0) is 9.26. The number of rotatable bonds is 2. The minimum atomic E-state index is 0.771. The van der Waals surface area contributed by atoms with Crippen LogP contribution in [0.5, 0.6) is 0 Å². The van der Waals surface area contributed by atoms with Gasteiger partial charge in [0.25, 0.3) is 0 Å². The average molecular weight is 195 g/mol. The normalized spacial score (nSPS) is 21.5. The summed E-state index contributed by atoms with van der Waals surface area (Å²) in [5.41, 5.74) is 7.23. The molecule has 1 unspecified atom stereocenters. The largest absolute Gasteiger partial charge is 0.330 e. The summed E-state index contributed by atoms with van der Waals surface area (Å²) in [5, 5.41) is 0. The minimum absolute atomic E-state index is 0.771. The Hall–Kier alpha value is -0.340. The zero-order valence-electron chi connectivity index (χ0n) is 8.18. The maximum Gasteiger partial charge on any atom is 0.0111 e. The first-order valence-electron chi connectivity index (χ1n) is 5.10. The highest BCUT2D eigenvalue weighted by Gasteiger charge is 2.21. The van der Waals surface area contributed by atoms with Gasteiger partial charge in [0.1, 0.15) is 0 Å². The first kappa shape index (κ1) is 9.22. The molecule has 2 rings (SSSR count). The van der Waals surface area contributed by atoms with E-state index in [9.17, 15) is 0 Å². The Morgan fingerprint density at radius 3 is 3.23 bits per heavy atom. The molecule has 1 heterocycles. The lowest BCUT2D eigenvalue weighted by atomic mass is 9.87. The first-order valence-corrected chi connectivity index (χ1v) is 5.92. The summed E-state index contributed by atoms with van der Waals surface area (Å²) in [4.78, 5) is 3.10. The van der Waals surface area contributed by atoms with Crippen LogP contribution in [0, 0.1) is 6.92 Å². The van der Waals surface area contributed by atoms with Crippen LogP contribution in [0.3, 0.4) is 0 Å². The van der Waals surface area contributed by atoms with Crippen molar-refractivity contribution in [3.8, 4) is 0 Å². The molecule has 1 aliphatic rings. The quantitative estimate of drug-likeness (QED) is 0.771. The average Bonchev–Trinajstić information content (AvgIpc) is 2.47. The molecular formula is C11H17NS. The fraction of sp³-hybridized carbons (Fsp3) is 0.636. The van der Waals surface area contributed by atoms with Crippen molar-refractivity contribution in [1.82, 2.24) is 0 Å². The Kier molecular flexibility index (Phi) is 2.70. The summed E-state index contributed by atoms with van der Waals surface area (Å²) in [5.74, 6) is 0.771. The van der Waals surface area contributed by atoms with E-state index in [0.717, 1.165) is 12.5 Å². The van der Waals surface area contributed by atoms with E-state index in [1.807, 2.05) is 11.3 Å². The summed E-state index contributed by atoms with van der Waals surface area (Å²) in [7, 11) is 0. The van der Waals surface area contributed by atoms with Gasteiger partial charge in [-0.05, 0) is 56.7 Å². The summed E-state index contributed by atoms with van der Waals surface area (Å²) >= 11 is 1.98. The molecule has 0 aliphatic heterocycles. The van der Waals surface area contributed by atoms with Crippen LogP contribution in [-0.4, -0.2) is 6.54 Å². The predicted octanol–water partition coefficient (Wildman–Crippen LogP) is 2.83. The number of thiophene rings is 1. The van der Waals surface area contributed by atoms with Gasteiger partial charge in [-0.2, -0.15) is 0 Å². The minimum Gasteiger partial charge on any atom is -0.330 e. The van der Waals surface area contributed by atoms with Gasteiger partial charge >= 0.3 is 0 Å². The second kappa shape index (κ2) is 3.81. The lowest BCUT2D eigenvalue weighted by Crippen LogP contribution is -2.11. The van der Waals surface area contributed by atoms with Gasteiger partial charge in [0.15, 0.2) is 0 Å². The molecular weight excluding hydrogens is 178 g/mol. The molecule has 0 saturated carbocycles. The van der Waals surface area contributed by atoms with E-state index in [0.29, 0.717) is 0 Å². The fourth-order valence-corrected chi connectivity index (χ4v) is 3.51. The van der Waals surface area contributed by atoms with Crippen molar-refractivity contribution in [3.05, 3.63) is 21.4 Å². The predicted molar refractivity (Wildman–Crippen MR) is 58.4 cm³/mol. The van der Waals surface area contributed by atoms with Crippen molar-refractivity contribution in [1.29, 1.82) is 0 Å². The van der Waals surface area contributed by atoms with Crippen LogP contribution < -0.4 is 5.73 Å². The maximum atomic E-state index is 5.63. The Balaban J connectivity index is 2.25. The van der Waals surface area contributed by atoms with Crippen LogP contribution in [0.15, 0.2) is 6.07 Å². The molecule has 1 aromatic heterocycles.